The first-order valence-electron chi connectivity index (χ1n) is 5.82. The molecule has 0 aliphatic rings. The van der Waals surface area contributed by atoms with E-state index in [0.29, 0.717) is 6.61 Å². The zero-order valence-electron chi connectivity index (χ0n) is 11.2. The van der Waals surface area contributed by atoms with Crippen LogP contribution in [0.3, 0.4) is 0 Å². The molecule has 1 rings (SSSR count). The molecule has 5 nitrogen and oxygen atoms in total. The van der Waals surface area contributed by atoms with E-state index >= 15 is 0 Å². The first-order chi connectivity index (χ1) is 8.77. The van der Waals surface area contributed by atoms with Gasteiger partial charge in [-0.1, -0.05) is 6.92 Å². The highest BCUT2D eigenvalue weighted by Gasteiger charge is 2.18. The lowest BCUT2D eigenvalue weighted by Crippen LogP contribution is -2.30. The molecular weight excluding hydrogens is 271 g/mol. The zero-order valence-corrected chi connectivity index (χ0v) is 12.1. The van der Waals surface area contributed by atoms with E-state index < -0.39 is 15.8 Å². The molecule has 1 atom stereocenters. The number of rotatable bonds is 6. The van der Waals surface area contributed by atoms with Gasteiger partial charge in [-0.25, -0.2) is 17.5 Å². The number of nitrogen functional groups attached to an aromatic ring is 1. The van der Waals surface area contributed by atoms with Crippen LogP contribution in [-0.2, 0) is 14.8 Å². The lowest BCUT2D eigenvalue weighted by atomic mass is 10.2. The Bertz CT molecular complexity index is 523. The molecule has 0 aromatic heterocycles. The van der Waals surface area contributed by atoms with E-state index in [4.69, 9.17) is 10.5 Å². The second kappa shape index (κ2) is 6.31. The van der Waals surface area contributed by atoms with E-state index in [2.05, 4.69) is 4.72 Å². The summed E-state index contributed by atoms with van der Waals surface area (Å²) >= 11 is 0. The van der Waals surface area contributed by atoms with Crippen LogP contribution in [0.15, 0.2) is 17.0 Å². The highest BCUT2D eigenvalue weighted by Crippen LogP contribution is 2.20. The molecule has 7 heteroatoms. The number of hydrogen-bond donors (Lipinski definition) is 2. The standard InChI is InChI=1S/C12H19FN2O3S/c1-8(7-18-3)6-15-19(16,17)10-4-9(2)12(13)11(14)5-10/h4-5,8,15H,6-7,14H2,1-3H3. The molecule has 3 N–H and O–H groups in total. The molecule has 0 spiro atoms. The summed E-state index contributed by atoms with van der Waals surface area (Å²) in [5.74, 6) is -0.551. The van der Waals surface area contributed by atoms with Crippen LogP contribution in [0.1, 0.15) is 12.5 Å². The van der Waals surface area contributed by atoms with Crippen molar-refractivity contribution < 1.29 is 17.5 Å². The van der Waals surface area contributed by atoms with Gasteiger partial charge in [0.1, 0.15) is 5.82 Å². The maximum atomic E-state index is 13.4. The Morgan fingerprint density at radius 3 is 2.63 bits per heavy atom. The fourth-order valence-electron chi connectivity index (χ4n) is 1.60. The van der Waals surface area contributed by atoms with Gasteiger partial charge in [0, 0.05) is 20.3 Å². The van der Waals surface area contributed by atoms with Crippen molar-refractivity contribution in [3.8, 4) is 0 Å². The number of aryl methyl sites for hydroxylation is 1. The van der Waals surface area contributed by atoms with Gasteiger partial charge < -0.3 is 10.5 Å². The third-order valence-corrected chi connectivity index (χ3v) is 4.04. The summed E-state index contributed by atoms with van der Waals surface area (Å²) in [4.78, 5) is -0.0338. The van der Waals surface area contributed by atoms with Gasteiger partial charge in [0.15, 0.2) is 0 Å². The number of anilines is 1. The molecule has 1 aromatic rings. The molecular formula is C12H19FN2O3S. The van der Waals surface area contributed by atoms with Crippen molar-refractivity contribution >= 4 is 15.7 Å². The maximum absolute atomic E-state index is 13.4. The molecule has 0 fully saturated rings. The number of nitrogens with two attached hydrogens (primary N) is 1. The molecule has 1 unspecified atom stereocenters. The summed E-state index contributed by atoms with van der Waals surface area (Å²) in [6.07, 6.45) is 0. The maximum Gasteiger partial charge on any atom is 0.240 e. The lowest BCUT2D eigenvalue weighted by Gasteiger charge is -2.13. The third-order valence-electron chi connectivity index (χ3n) is 2.64. The van der Waals surface area contributed by atoms with Crippen LogP contribution in [-0.4, -0.2) is 28.7 Å². The Hall–Kier alpha value is -1.18. The summed E-state index contributed by atoms with van der Waals surface area (Å²) in [5, 5.41) is 0. The summed E-state index contributed by atoms with van der Waals surface area (Å²) < 4.78 is 44.8. The minimum atomic E-state index is -3.69. The van der Waals surface area contributed by atoms with E-state index in [1.807, 2.05) is 6.92 Å². The highest BCUT2D eigenvalue weighted by molar-refractivity contribution is 7.89. The SMILES string of the molecule is COCC(C)CNS(=O)(=O)c1cc(C)c(F)c(N)c1. The van der Waals surface area contributed by atoms with E-state index in [9.17, 15) is 12.8 Å². The third kappa shape index (κ3) is 4.15. The van der Waals surface area contributed by atoms with Gasteiger partial charge in [-0.05, 0) is 30.5 Å². The first-order valence-corrected chi connectivity index (χ1v) is 7.30. The minimum absolute atomic E-state index is 0.0338. The Labute approximate surface area is 113 Å². The second-order valence-electron chi connectivity index (χ2n) is 4.56. The number of hydrogen-bond acceptors (Lipinski definition) is 4. The van der Waals surface area contributed by atoms with Crippen molar-refractivity contribution in [2.75, 3.05) is 26.0 Å². The van der Waals surface area contributed by atoms with Crippen LogP contribution < -0.4 is 10.5 Å². The summed E-state index contributed by atoms with van der Waals surface area (Å²) in [7, 11) is -2.14. The topological polar surface area (TPSA) is 81.4 Å². The van der Waals surface area contributed by atoms with Crippen molar-refractivity contribution in [3.63, 3.8) is 0 Å². The van der Waals surface area contributed by atoms with Crippen LogP contribution in [0.5, 0.6) is 0 Å². The number of benzene rings is 1. The van der Waals surface area contributed by atoms with Crippen molar-refractivity contribution in [1.29, 1.82) is 0 Å². The van der Waals surface area contributed by atoms with E-state index in [1.165, 1.54) is 13.0 Å². The normalized spacial score (nSPS) is 13.5. The van der Waals surface area contributed by atoms with Crippen molar-refractivity contribution in [3.05, 3.63) is 23.5 Å². The average molecular weight is 290 g/mol. The Kier molecular flexibility index (Phi) is 5.28. The number of sulfonamides is 1. The Morgan fingerprint density at radius 1 is 1.47 bits per heavy atom. The second-order valence-corrected chi connectivity index (χ2v) is 6.32. The van der Waals surface area contributed by atoms with Gasteiger partial charge in [0.2, 0.25) is 10.0 Å². The van der Waals surface area contributed by atoms with Gasteiger partial charge in [-0.3, -0.25) is 0 Å². The van der Waals surface area contributed by atoms with Crippen LogP contribution in [0.25, 0.3) is 0 Å². The summed E-state index contributed by atoms with van der Waals surface area (Å²) in [6, 6.07) is 2.38. The van der Waals surface area contributed by atoms with Crippen molar-refractivity contribution in [2.45, 2.75) is 18.7 Å². The number of halogens is 1. The number of nitrogens with one attached hydrogen (secondary N) is 1. The van der Waals surface area contributed by atoms with Crippen LogP contribution >= 0.6 is 0 Å². The predicted molar refractivity (Wildman–Crippen MR) is 71.8 cm³/mol. The predicted octanol–water partition coefficient (Wildman–Crippen LogP) is 1.28. The minimum Gasteiger partial charge on any atom is -0.396 e. The van der Waals surface area contributed by atoms with Crippen LogP contribution in [0, 0.1) is 18.7 Å². The monoisotopic (exact) mass is 290 g/mol. The fourth-order valence-corrected chi connectivity index (χ4v) is 2.88. The summed E-state index contributed by atoms with van der Waals surface area (Å²) in [6.45, 7) is 4.02. The largest absolute Gasteiger partial charge is 0.396 e. The summed E-state index contributed by atoms with van der Waals surface area (Å²) in [5.41, 5.74) is 5.46. The van der Waals surface area contributed by atoms with Gasteiger partial charge in [0.25, 0.3) is 0 Å². The quantitative estimate of drug-likeness (QED) is 0.773. The molecule has 0 amide bonds. The Morgan fingerprint density at radius 2 is 2.11 bits per heavy atom. The van der Waals surface area contributed by atoms with E-state index in [1.54, 1.807) is 7.11 Å². The molecule has 108 valence electrons. The van der Waals surface area contributed by atoms with Gasteiger partial charge >= 0.3 is 0 Å². The van der Waals surface area contributed by atoms with E-state index in [-0.39, 0.29) is 28.6 Å². The average Bonchev–Trinajstić information content (AvgIpc) is 2.33. The molecule has 0 aliphatic heterocycles. The molecule has 0 saturated heterocycles. The molecule has 0 aliphatic carbocycles. The molecule has 0 radical (unpaired) electrons. The smallest absolute Gasteiger partial charge is 0.240 e. The molecule has 1 aromatic carbocycles. The molecule has 19 heavy (non-hydrogen) atoms. The first kappa shape index (κ1) is 15.9. The van der Waals surface area contributed by atoms with E-state index in [0.717, 1.165) is 6.07 Å². The van der Waals surface area contributed by atoms with Crippen molar-refractivity contribution in [2.24, 2.45) is 5.92 Å². The zero-order chi connectivity index (χ0) is 14.6. The number of ether oxygens (including phenoxy) is 1. The van der Waals surface area contributed by atoms with Gasteiger partial charge in [0.05, 0.1) is 10.6 Å². The molecule has 0 saturated carbocycles. The van der Waals surface area contributed by atoms with Crippen LogP contribution in [0.2, 0.25) is 0 Å². The highest BCUT2D eigenvalue weighted by atomic mass is 32.2. The van der Waals surface area contributed by atoms with Crippen molar-refractivity contribution in [1.82, 2.24) is 4.72 Å². The van der Waals surface area contributed by atoms with Gasteiger partial charge in [-0.15, -0.1) is 0 Å². The molecule has 0 heterocycles. The lowest BCUT2D eigenvalue weighted by molar-refractivity contribution is 0.161. The van der Waals surface area contributed by atoms with Gasteiger partial charge in [-0.2, -0.15) is 0 Å². The number of methoxy groups -OCH3 is 1. The fraction of sp³-hybridized carbons (Fsp3) is 0.500. The molecule has 0 bridgehead atoms. The Balaban J connectivity index is 2.89. The van der Waals surface area contributed by atoms with Crippen LogP contribution in [0.4, 0.5) is 10.1 Å².